The van der Waals surface area contributed by atoms with Gasteiger partial charge in [0.25, 0.3) is 0 Å². The molecule has 2 N–H and O–H groups in total. The summed E-state index contributed by atoms with van der Waals surface area (Å²) in [5, 5.41) is 1.20. The van der Waals surface area contributed by atoms with Gasteiger partial charge in [0.15, 0.2) is 0 Å². The molecular weight excluding hydrogens is 204 g/mol. The van der Waals surface area contributed by atoms with E-state index in [1.54, 1.807) is 11.8 Å². The molecule has 0 bridgehead atoms. The molecular formula is C5H5NO2SZn-2. The largest absolute Gasteiger partial charge is 0.870 e. The summed E-state index contributed by atoms with van der Waals surface area (Å²) >= 11 is 1.75. The van der Waals surface area contributed by atoms with Gasteiger partial charge in [0, 0.05) is 30.6 Å². The molecule has 2 heterocycles. The molecule has 1 aliphatic rings. The Hall–Kier alpha value is 0.0434. The van der Waals surface area contributed by atoms with Gasteiger partial charge in [0.2, 0.25) is 0 Å². The summed E-state index contributed by atoms with van der Waals surface area (Å²) in [6.45, 7) is 0. The zero-order valence-electron chi connectivity index (χ0n) is 5.19. The van der Waals surface area contributed by atoms with Crippen molar-refractivity contribution < 1.29 is 30.4 Å². The van der Waals surface area contributed by atoms with Crippen LogP contribution in [0.15, 0.2) is 28.3 Å². The van der Waals surface area contributed by atoms with Crippen molar-refractivity contribution in [1.82, 2.24) is 4.98 Å². The van der Waals surface area contributed by atoms with Gasteiger partial charge in [0.05, 0.1) is 0 Å². The van der Waals surface area contributed by atoms with E-state index < -0.39 is 0 Å². The Kier molecular flexibility index (Phi) is 6.09. The fraction of sp³-hybridized carbons (Fsp3) is 0. The average Bonchev–Trinajstić information content (AvgIpc) is 2.41. The van der Waals surface area contributed by atoms with Crippen molar-refractivity contribution >= 4 is 11.8 Å². The van der Waals surface area contributed by atoms with E-state index in [1.165, 1.54) is 9.92 Å². The first kappa shape index (κ1) is 12.7. The molecule has 0 saturated heterocycles. The van der Waals surface area contributed by atoms with Gasteiger partial charge < -0.3 is 11.0 Å². The molecule has 52 valence electrons. The van der Waals surface area contributed by atoms with Crippen molar-refractivity contribution in [3.05, 3.63) is 18.3 Å². The molecule has 0 aliphatic carbocycles. The van der Waals surface area contributed by atoms with Gasteiger partial charge in [-0.05, 0) is 12.1 Å². The first-order chi connectivity index (χ1) is 3.47. The number of nitrogens with zero attached hydrogens (tertiary/aromatic N) is 1. The maximum atomic E-state index is 4.03. The molecule has 5 heteroatoms. The summed E-state index contributed by atoms with van der Waals surface area (Å²) in [5.41, 5.74) is 0. The van der Waals surface area contributed by atoms with Gasteiger partial charge in [-0.15, -0.1) is 0 Å². The van der Waals surface area contributed by atoms with Crippen molar-refractivity contribution in [1.29, 1.82) is 0 Å². The summed E-state index contributed by atoms with van der Waals surface area (Å²) in [5.74, 6) is 0. The van der Waals surface area contributed by atoms with E-state index in [2.05, 4.69) is 11.1 Å². The molecule has 0 aromatic carbocycles. The van der Waals surface area contributed by atoms with Crippen molar-refractivity contribution in [2.24, 2.45) is 0 Å². The first-order valence-corrected chi connectivity index (χ1v) is 2.91. The number of aromatic nitrogens is 1. The molecule has 1 aliphatic heterocycles. The zero-order valence-corrected chi connectivity index (χ0v) is 8.97. The molecule has 0 fully saturated rings. The topological polar surface area (TPSA) is 72.9 Å². The van der Waals surface area contributed by atoms with E-state index in [0.717, 1.165) is 0 Å². The van der Waals surface area contributed by atoms with E-state index in [1.807, 2.05) is 12.3 Å². The molecule has 1 aromatic rings. The quantitative estimate of drug-likeness (QED) is 0.482. The Balaban J connectivity index is 0. The summed E-state index contributed by atoms with van der Waals surface area (Å²) in [6, 6.07) is 4.03. The normalized spacial score (nSPS) is 9.20. The van der Waals surface area contributed by atoms with E-state index in [-0.39, 0.29) is 30.4 Å². The Morgan fingerprint density at radius 2 is 2.00 bits per heavy atom. The molecule has 3 nitrogen and oxygen atoms in total. The third-order valence-electron chi connectivity index (χ3n) is 0.901. The third kappa shape index (κ3) is 2.35. The van der Waals surface area contributed by atoms with Crippen LogP contribution in [0.4, 0.5) is 0 Å². The van der Waals surface area contributed by atoms with Crippen molar-refractivity contribution in [3.8, 4) is 0 Å². The summed E-state index contributed by atoms with van der Waals surface area (Å²) in [7, 11) is 0. The number of pyridine rings is 1. The Morgan fingerprint density at radius 3 is 2.40 bits per heavy atom. The number of hydrogen-bond donors (Lipinski definition) is 0. The van der Waals surface area contributed by atoms with Crippen LogP contribution in [0.25, 0.3) is 0 Å². The number of hydrogen-bond acceptors (Lipinski definition) is 4. The summed E-state index contributed by atoms with van der Waals surface area (Å²) in [6.07, 6.45) is 1.82. The Morgan fingerprint density at radius 1 is 1.30 bits per heavy atom. The van der Waals surface area contributed by atoms with Crippen LogP contribution in [-0.4, -0.2) is 15.9 Å². The van der Waals surface area contributed by atoms with Gasteiger partial charge >= 0.3 is 0 Å². The van der Waals surface area contributed by atoms with Crippen LogP contribution < -0.4 is 0 Å². The first-order valence-electron chi connectivity index (χ1n) is 2.10. The molecule has 0 amide bonds. The van der Waals surface area contributed by atoms with E-state index in [9.17, 15) is 0 Å². The van der Waals surface area contributed by atoms with Crippen LogP contribution in [0.1, 0.15) is 0 Å². The number of rotatable bonds is 0. The molecule has 0 saturated carbocycles. The zero-order chi connectivity index (χ0) is 4.69. The van der Waals surface area contributed by atoms with E-state index in [4.69, 9.17) is 0 Å². The maximum Gasteiger partial charge on any atom is 0.115 e. The summed E-state index contributed by atoms with van der Waals surface area (Å²) < 4.78 is 0. The predicted molar refractivity (Wildman–Crippen MR) is 32.2 cm³/mol. The van der Waals surface area contributed by atoms with Crippen LogP contribution in [0, 0.1) is 0 Å². The summed E-state index contributed by atoms with van der Waals surface area (Å²) in [4.78, 5) is 5.37. The number of fused-ring (bicyclic) bond motifs is 1. The predicted octanol–water partition coefficient (Wildman–Crippen LogP) is 1.19. The minimum absolute atomic E-state index is 0. The van der Waals surface area contributed by atoms with Crippen molar-refractivity contribution in [3.63, 3.8) is 0 Å². The van der Waals surface area contributed by atoms with Crippen molar-refractivity contribution in [2.45, 2.75) is 9.92 Å². The van der Waals surface area contributed by atoms with E-state index >= 15 is 0 Å². The maximum absolute atomic E-state index is 4.03. The smallest absolute Gasteiger partial charge is 0.115 e. The van der Waals surface area contributed by atoms with Gasteiger partial charge in [0.1, 0.15) is 5.03 Å². The van der Waals surface area contributed by atoms with Gasteiger partial charge in [-0.25, -0.2) is 4.98 Å². The monoisotopic (exact) mass is 207 g/mol. The molecule has 0 radical (unpaired) electrons. The second-order valence-electron chi connectivity index (χ2n) is 1.41. The third-order valence-corrected chi connectivity index (χ3v) is 1.77. The fourth-order valence-corrected chi connectivity index (χ4v) is 1.05. The minimum atomic E-state index is 0. The Bertz CT molecular complexity index is 188. The molecule has 1 aromatic heterocycles. The van der Waals surface area contributed by atoms with Gasteiger partial charge in [-0.3, -0.25) is 0 Å². The molecule has 0 atom stereocenters. The standard InChI is InChI=1S/C5H3NS.2H2O.Zn/c1-2-4-5(7-4)6-3-1;;;/h1-3H;2*1H2;/p-2. The SMILES string of the molecule is [OH-].[OH-].[Zn].c1cnc2c(c1)S2. The van der Waals surface area contributed by atoms with Crippen LogP contribution in [0.3, 0.4) is 0 Å². The second-order valence-corrected chi connectivity index (χ2v) is 2.44. The van der Waals surface area contributed by atoms with Crippen molar-refractivity contribution in [2.75, 3.05) is 0 Å². The molecule has 10 heavy (non-hydrogen) atoms. The average molecular weight is 209 g/mol. The van der Waals surface area contributed by atoms with Crippen LogP contribution in [-0.2, 0) is 19.5 Å². The van der Waals surface area contributed by atoms with Gasteiger partial charge in [-0.2, -0.15) is 0 Å². The Labute approximate surface area is 75.6 Å². The minimum Gasteiger partial charge on any atom is -0.870 e. The van der Waals surface area contributed by atoms with Crippen LogP contribution in [0.5, 0.6) is 0 Å². The van der Waals surface area contributed by atoms with Gasteiger partial charge in [-0.1, -0.05) is 11.8 Å². The molecule has 0 spiro atoms. The second kappa shape index (κ2) is 4.80. The van der Waals surface area contributed by atoms with E-state index in [0.29, 0.717) is 0 Å². The fourth-order valence-electron chi connectivity index (χ4n) is 0.515. The van der Waals surface area contributed by atoms with Crippen LogP contribution >= 0.6 is 11.8 Å². The molecule has 0 unspecified atom stereocenters. The molecule has 2 rings (SSSR count). The van der Waals surface area contributed by atoms with Crippen LogP contribution in [0.2, 0.25) is 0 Å².